The monoisotopic (exact) mass is 1830 g/mol. The molecule has 3 atom stereocenters. The molecule has 12 heterocycles. The van der Waals surface area contributed by atoms with Gasteiger partial charge in [-0.25, -0.2) is 51.2 Å². The van der Waals surface area contributed by atoms with Crippen LogP contribution in [0, 0.1) is 59.0 Å². The first-order valence-corrected chi connectivity index (χ1v) is 41.9. The van der Waals surface area contributed by atoms with Crippen LogP contribution in [0.4, 0.5) is 22.8 Å². The summed E-state index contributed by atoms with van der Waals surface area (Å²) in [5.74, 6) is 0.416. The van der Waals surface area contributed by atoms with Gasteiger partial charge in [0.1, 0.15) is 34.5 Å². The van der Waals surface area contributed by atoms with Gasteiger partial charge < -0.3 is 29.6 Å². The predicted octanol–water partition coefficient (Wildman–Crippen LogP) is 17.7. The number of nitrogens with one attached hydrogen (secondary N) is 2. The van der Waals surface area contributed by atoms with Gasteiger partial charge in [-0.2, -0.15) is 30.6 Å². The Morgan fingerprint density at radius 1 is 0.476 bits per heavy atom. The van der Waals surface area contributed by atoms with Crippen molar-refractivity contribution in [1.29, 1.82) is 0 Å². The Kier molecular flexibility index (Phi) is 24.4. The third kappa shape index (κ3) is 16.3. The molecule has 6 aromatic carbocycles. The van der Waals surface area contributed by atoms with Crippen LogP contribution in [0.25, 0.3) is 78.6 Å². The van der Waals surface area contributed by atoms with Gasteiger partial charge in [-0.15, -0.1) is 12.4 Å². The number of rotatable bonds is 8. The third-order valence-corrected chi connectivity index (χ3v) is 24.7. The van der Waals surface area contributed by atoms with Crippen molar-refractivity contribution in [3.05, 3.63) is 264 Å². The van der Waals surface area contributed by atoms with E-state index in [1.54, 1.807) is 125 Å². The number of hydrogen-bond donors (Lipinski definition) is 2. The first-order valence-electron chi connectivity index (χ1n) is 39.9. The lowest BCUT2D eigenvalue weighted by atomic mass is 10.00. The molecule has 2 N–H and O–H groups in total. The number of nitrogens with zero attached hydrogens (tertiary/aromatic N) is 19. The predicted molar refractivity (Wildman–Crippen MR) is 478 cm³/mol. The normalized spacial score (nSPS) is 15.1. The molecule has 0 saturated carbocycles. The zero-order chi connectivity index (χ0) is 88.3. The molecular formula is C88H93BrCl4F3N21O7. The second-order valence-corrected chi connectivity index (χ2v) is 35.1. The van der Waals surface area contributed by atoms with Gasteiger partial charge >= 0.3 is 29.3 Å². The lowest BCUT2D eigenvalue weighted by molar-refractivity contribution is 0.0148. The molecule has 28 nitrogen and oxygen atoms in total. The lowest BCUT2D eigenvalue weighted by Gasteiger charge is -2.34. The number of aryl methyl sites for hydroxylation is 9. The largest absolute Gasteiger partial charge is 0.444 e. The molecular weight excluding hydrogens is 1740 g/mol. The van der Waals surface area contributed by atoms with Crippen LogP contribution in [0.5, 0.6) is 0 Å². The highest BCUT2D eigenvalue weighted by atomic mass is 79.9. The van der Waals surface area contributed by atoms with Crippen LogP contribution in [0.15, 0.2) is 147 Å². The number of carbonyl (C=O) groups excluding carboxylic acids is 2. The van der Waals surface area contributed by atoms with Crippen LogP contribution in [0.2, 0.25) is 15.1 Å². The van der Waals surface area contributed by atoms with Crippen LogP contribution < -0.4 is 22.4 Å². The quantitative estimate of drug-likeness (QED) is 0.143. The lowest BCUT2D eigenvalue weighted by Crippen LogP contribution is -2.42. The molecule has 124 heavy (non-hydrogen) atoms. The number of halogens is 8. The van der Waals surface area contributed by atoms with Crippen molar-refractivity contribution in [3.8, 4) is 45.9 Å². The van der Waals surface area contributed by atoms with Crippen LogP contribution >= 0.6 is 63.1 Å². The molecule has 3 aliphatic heterocycles. The summed E-state index contributed by atoms with van der Waals surface area (Å²) < 4.78 is 73.4. The zero-order valence-corrected chi connectivity index (χ0v) is 76.2. The molecule has 15 aromatic rings. The summed E-state index contributed by atoms with van der Waals surface area (Å²) in [5.41, 5.74) is 12.7. The first kappa shape index (κ1) is 88.6. The Balaban J connectivity index is 0.000000142. The maximum atomic E-state index is 15.7. The van der Waals surface area contributed by atoms with E-state index in [1.807, 2.05) is 139 Å². The van der Waals surface area contributed by atoms with Crippen LogP contribution in [0.3, 0.4) is 0 Å². The third-order valence-electron chi connectivity index (χ3n) is 22.3. The topological polar surface area (TPSA) is 270 Å². The summed E-state index contributed by atoms with van der Waals surface area (Å²) in [6, 6.07) is 21.0. The first-order chi connectivity index (χ1) is 58.2. The summed E-state index contributed by atoms with van der Waals surface area (Å²) >= 11 is 22.4. The minimum absolute atomic E-state index is 0. The van der Waals surface area contributed by atoms with Crippen molar-refractivity contribution >= 4 is 108 Å². The van der Waals surface area contributed by atoms with Crippen LogP contribution in [-0.4, -0.2) is 139 Å². The summed E-state index contributed by atoms with van der Waals surface area (Å²) in [5, 5.41) is 33.7. The Hall–Kier alpha value is -11.7. The van der Waals surface area contributed by atoms with Gasteiger partial charge in [0.2, 0.25) is 0 Å². The smallest absolute Gasteiger partial charge is 0.410 e. The highest BCUT2D eigenvalue weighted by molar-refractivity contribution is 9.10. The van der Waals surface area contributed by atoms with Crippen molar-refractivity contribution in [2.45, 2.75) is 152 Å². The molecule has 0 bridgehead atoms. The van der Waals surface area contributed by atoms with Gasteiger partial charge in [-0.05, 0) is 226 Å². The molecule has 9 aromatic heterocycles. The second-order valence-electron chi connectivity index (χ2n) is 33.1. The second kappa shape index (κ2) is 34.1. The van der Waals surface area contributed by atoms with E-state index >= 15 is 8.78 Å². The van der Waals surface area contributed by atoms with Crippen molar-refractivity contribution in [1.82, 2.24) is 102 Å². The standard InChI is InChI=1S/C31H33ClFN7O3.C26H25ClFN7O.C23H28ClN5O3.C8H6BrFN2.ClH/c1-17-14-20(15-18(2)26(17)32)40-28(25-19(3)37(11-10-22(25)35-40)30(42)43-31(4,5)6)39-13-12-38(29(39)41)24-9-8-23-21(27(24)33)16-34-36(23)7;1-14-11-17(12-15(2)23(14)27)35-25(22-16(3)29-8-7-19(22)31-35)34-10-9-33(26(34)36)21-6-5-20-18(24(21)28)13-30-32(20)4;1-13-11-16(12-14(2)19(13)24)29-20(28-10-8-25-21(28)30)18-15(3)27(9-7-17(18)26-29)22(31)32-23(4,5)6;1-12-7-3-2-6(9)8(10)5(7)4-11-12;/h8-9,12-16,19H,10-11H2,1-7H3;5-6,9-13,16,29H,7-8H2,1-4H3;8,10-12,15H,7,9H2,1-6H3,(H,25,30);2-4H,1H3;1H/t19-;16-;15-;;/m000../s1. The number of ether oxygens (including phenoxy) is 2. The van der Waals surface area contributed by atoms with Crippen LogP contribution in [0.1, 0.15) is 148 Å². The highest BCUT2D eigenvalue weighted by Gasteiger charge is 2.40. The maximum absolute atomic E-state index is 15.7. The fourth-order valence-corrected chi connectivity index (χ4v) is 16.9. The molecule has 3 aliphatic rings. The number of imidazole rings is 3. The maximum Gasteiger partial charge on any atom is 0.410 e. The van der Waals surface area contributed by atoms with E-state index in [-0.39, 0.29) is 59.2 Å². The highest BCUT2D eigenvalue weighted by Crippen LogP contribution is 2.41. The van der Waals surface area contributed by atoms with Crippen LogP contribution in [-0.2, 0) is 49.9 Å². The molecule has 36 heteroatoms. The molecule has 0 spiro atoms. The fraction of sp³-hybridized carbons (Fsp3) is 0.330. The average molecular weight is 1840 g/mol. The van der Waals surface area contributed by atoms with Crippen molar-refractivity contribution in [2.24, 2.45) is 21.1 Å². The minimum Gasteiger partial charge on any atom is -0.444 e. The Bertz CT molecular complexity index is 6870. The Morgan fingerprint density at radius 3 is 1.18 bits per heavy atom. The van der Waals surface area contributed by atoms with E-state index in [0.29, 0.717) is 101 Å². The Morgan fingerprint density at radius 2 is 0.815 bits per heavy atom. The average Bonchev–Trinajstić information content (AvgIpc) is 1.59. The molecule has 0 radical (unpaired) electrons. The van der Waals surface area contributed by atoms with E-state index in [4.69, 9.17) is 59.6 Å². The van der Waals surface area contributed by atoms with Gasteiger partial charge in [0.15, 0.2) is 11.6 Å². The summed E-state index contributed by atoms with van der Waals surface area (Å²) in [6.07, 6.45) is 15.0. The SMILES string of the molecule is Cc1cc(-n2nc3c(c2-n2cc[nH]c2=O)[C@H](C)N(C(=O)OC(C)(C)C)CC3)cc(C)c1Cl.Cc1cc(-n2nc3c(c2-n2ccn(-c4ccc5c(cnn5C)c4F)c2=O)[C@H](C)N(C(=O)OC(C)(C)C)CC3)cc(C)c1Cl.Cc1cc(-n2nc3c(c2-n2ccn(-c4ccc5c(cnn5C)c4F)c2=O)[C@H](C)NCC3)cc(C)c1Cl.Cl.Cn1ncc2c(F)c(Br)ccc21. The molecule has 0 unspecified atom stereocenters. The minimum atomic E-state index is -0.671. The number of hydrogen-bond acceptors (Lipinski definition) is 14. The van der Waals surface area contributed by atoms with Gasteiger partial charge in [0.25, 0.3) is 0 Å². The van der Waals surface area contributed by atoms with E-state index in [1.165, 1.54) is 43.1 Å². The molecule has 2 amide bonds. The van der Waals surface area contributed by atoms with Gasteiger partial charge in [-0.3, -0.25) is 36.9 Å². The number of benzene rings is 6. The summed E-state index contributed by atoms with van der Waals surface area (Å²) in [4.78, 5) is 72.7. The Labute approximate surface area is 740 Å². The summed E-state index contributed by atoms with van der Waals surface area (Å²) in [6.45, 7) is 30.2. The number of aromatic nitrogens is 18. The molecule has 0 fully saturated rings. The van der Waals surface area contributed by atoms with Gasteiger partial charge in [0, 0.05) is 135 Å². The number of H-pyrrole nitrogens is 1. The fourth-order valence-electron chi connectivity index (χ4n) is 16.3. The zero-order valence-electron chi connectivity index (χ0n) is 71.5. The molecule has 0 saturated heterocycles. The van der Waals surface area contributed by atoms with E-state index in [9.17, 15) is 28.4 Å². The van der Waals surface area contributed by atoms with Crippen molar-refractivity contribution < 1.29 is 32.2 Å². The van der Waals surface area contributed by atoms with E-state index in [2.05, 4.69) is 48.5 Å². The molecule has 18 rings (SSSR count). The van der Waals surface area contributed by atoms with Crippen molar-refractivity contribution in [2.75, 3.05) is 19.6 Å². The number of aromatic amines is 1. The number of amides is 2. The van der Waals surface area contributed by atoms with Crippen molar-refractivity contribution in [3.63, 3.8) is 0 Å². The number of carbonyl (C=O) groups is 2. The molecule has 648 valence electrons. The summed E-state index contributed by atoms with van der Waals surface area (Å²) in [7, 11) is 5.27. The van der Waals surface area contributed by atoms with E-state index < -0.39 is 40.7 Å². The van der Waals surface area contributed by atoms with E-state index in [0.717, 1.165) is 91.4 Å². The molecule has 0 aliphatic carbocycles. The number of fused-ring (bicyclic) bond motifs is 6. The van der Waals surface area contributed by atoms with Gasteiger partial charge in [-0.1, -0.05) is 34.8 Å². The van der Waals surface area contributed by atoms with Gasteiger partial charge in [0.05, 0.1) is 113 Å².